The summed E-state index contributed by atoms with van der Waals surface area (Å²) in [5.41, 5.74) is 18.8. The molecule has 0 atom stereocenters. The Bertz CT molecular complexity index is 4000. The average Bonchev–Trinajstić information content (AvgIpc) is 3.77. The largest absolute Gasteiger partial charge is 0.311 e. The van der Waals surface area contributed by atoms with Crippen molar-refractivity contribution in [2.24, 2.45) is 0 Å². The zero-order chi connectivity index (χ0) is 46.4. The van der Waals surface area contributed by atoms with Gasteiger partial charge in [-0.2, -0.15) is 0 Å². The number of rotatable bonds is 9. The molecular formula is C68H46N2. The van der Waals surface area contributed by atoms with Crippen molar-refractivity contribution in [1.29, 1.82) is 0 Å². The van der Waals surface area contributed by atoms with Gasteiger partial charge >= 0.3 is 0 Å². The number of para-hydroxylation sites is 2. The Morgan fingerprint density at radius 3 is 1.01 bits per heavy atom. The fourth-order valence-electron chi connectivity index (χ4n) is 10.3. The first-order valence-corrected chi connectivity index (χ1v) is 24.1. The Kier molecular flexibility index (Phi) is 10.2. The minimum atomic E-state index is 1.09. The van der Waals surface area contributed by atoms with E-state index in [0.29, 0.717) is 0 Å². The number of anilines is 3. The van der Waals surface area contributed by atoms with Gasteiger partial charge in [0.1, 0.15) is 0 Å². The van der Waals surface area contributed by atoms with Gasteiger partial charge in [-0.15, -0.1) is 0 Å². The van der Waals surface area contributed by atoms with Crippen molar-refractivity contribution in [2.45, 2.75) is 0 Å². The van der Waals surface area contributed by atoms with Crippen LogP contribution in [0.25, 0.3) is 105 Å². The average molecular weight is 891 g/mol. The van der Waals surface area contributed by atoms with Gasteiger partial charge < -0.3 is 9.47 Å². The Labute approximate surface area is 408 Å². The number of hydrogen-bond acceptors (Lipinski definition) is 1. The maximum atomic E-state index is 2.37. The van der Waals surface area contributed by atoms with Gasteiger partial charge in [0.25, 0.3) is 0 Å². The molecular weight excluding hydrogens is 845 g/mol. The van der Waals surface area contributed by atoms with Gasteiger partial charge in [0, 0.05) is 33.5 Å². The normalized spacial score (nSPS) is 11.4. The Hall–Kier alpha value is -9.24. The van der Waals surface area contributed by atoms with E-state index < -0.39 is 0 Å². The molecule has 0 amide bonds. The molecule has 328 valence electrons. The first-order valence-electron chi connectivity index (χ1n) is 24.1. The number of nitrogens with zero attached hydrogens (tertiary/aromatic N) is 2. The highest BCUT2D eigenvalue weighted by Gasteiger charge is 2.16. The predicted molar refractivity (Wildman–Crippen MR) is 298 cm³/mol. The molecule has 0 aliphatic rings. The van der Waals surface area contributed by atoms with Crippen LogP contribution in [0.5, 0.6) is 0 Å². The van der Waals surface area contributed by atoms with Crippen LogP contribution >= 0.6 is 0 Å². The zero-order valence-corrected chi connectivity index (χ0v) is 38.5. The maximum absolute atomic E-state index is 2.37. The second-order valence-electron chi connectivity index (χ2n) is 18.2. The van der Waals surface area contributed by atoms with Crippen LogP contribution in [0, 0.1) is 0 Å². The van der Waals surface area contributed by atoms with E-state index in [1.807, 2.05) is 0 Å². The molecule has 0 unspecified atom stereocenters. The standard InChI is InChI=1S/C68H46N2/c1-2-14-61(15-3-1)70-67-17-9-8-16-65(67)66-46-60(36-43-68(66)70)54-24-20-50(21-25-54)52-32-39-63(40-33-52)69(64-41-34-55(35-42-64)59-29-27-48-11-5-7-13-57(48)45-59)62-37-30-51(31-38-62)49-18-22-53(23-19-49)58-28-26-47-10-4-6-12-56(47)44-58/h1-46H. The lowest BCUT2D eigenvalue weighted by Crippen LogP contribution is -2.09. The van der Waals surface area contributed by atoms with E-state index in [0.717, 1.165) is 17.1 Å². The molecule has 1 aromatic heterocycles. The Balaban J connectivity index is 0.802. The van der Waals surface area contributed by atoms with E-state index in [9.17, 15) is 0 Å². The smallest absolute Gasteiger partial charge is 0.0541 e. The van der Waals surface area contributed by atoms with Crippen molar-refractivity contribution in [1.82, 2.24) is 4.57 Å². The van der Waals surface area contributed by atoms with E-state index >= 15 is 0 Å². The molecule has 13 aromatic rings. The summed E-state index contributed by atoms with van der Waals surface area (Å²) in [6.45, 7) is 0. The zero-order valence-electron chi connectivity index (χ0n) is 38.5. The van der Waals surface area contributed by atoms with Crippen LogP contribution in [0.1, 0.15) is 0 Å². The molecule has 12 aromatic carbocycles. The second kappa shape index (κ2) is 17.4. The minimum Gasteiger partial charge on any atom is -0.311 e. The molecule has 1 heterocycles. The second-order valence-corrected chi connectivity index (χ2v) is 18.2. The Morgan fingerprint density at radius 2 is 0.543 bits per heavy atom. The molecule has 70 heavy (non-hydrogen) atoms. The summed E-state index contributed by atoms with van der Waals surface area (Å²) < 4.78 is 2.37. The van der Waals surface area contributed by atoms with Crippen LogP contribution in [0.4, 0.5) is 17.1 Å². The molecule has 0 bridgehead atoms. The highest BCUT2D eigenvalue weighted by Crippen LogP contribution is 2.40. The van der Waals surface area contributed by atoms with Gasteiger partial charge in [-0.05, 0) is 156 Å². The molecule has 0 aliphatic heterocycles. The van der Waals surface area contributed by atoms with Gasteiger partial charge in [-0.1, -0.05) is 200 Å². The third-order valence-electron chi connectivity index (χ3n) is 14.0. The summed E-state index contributed by atoms with van der Waals surface area (Å²) in [7, 11) is 0. The van der Waals surface area contributed by atoms with Crippen molar-refractivity contribution in [3.8, 4) is 61.3 Å². The summed E-state index contributed by atoms with van der Waals surface area (Å²) in [6.07, 6.45) is 0. The van der Waals surface area contributed by atoms with Crippen molar-refractivity contribution in [3.63, 3.8) is 0 Å². The molecule has 13 rings (SSSR count). The van der Waals surface area contributed by atoms with Crippen molar-refractivity contribution >= 4 is 60.4 Å². The molecule has 0 aliphatic carbocycles. The summed E-state index contributed by atoms with van der Waals surface area (Å²) in [5.74, 6) is 0. The predicted octanol–water partition coefficient (Wildman–Crippen LogP) is 18.9. The Morgan fingerprint density at radius 1 is 0.214 bits per heavy atom. The third kappa shape index (κ3) is 7.59. The topological polar surface area (TPSA) is 8.17 Å². The van der Waals surface area contributed by atoms with E-state index in [-0.39, 0.29) is 0 Å². The van der Waals surface area contributed by atoms with Gasteiger partial charge in [0.05, 0.1) is 11.0 Å². The molecule has 0 spiro atoms. The fourth-order valence-corrected chi connectivity index (χ4v) is 10.3. The van der Waals surface area contributed by atoms with Crippen LogP contribution < -0.4 is 4.90 Å². The number of fused-ring (bicyclic) bond motifs is 5. The van der Waals surface area contributed by atoms with Crippen LogP contribution in [-0.2, 0) is 0 Å². The van der Waals surface area contributed by atoms with Crippen molar-refractivity contribution in [2.75, 3.05) is 4.90 Å². The molecule has 0 saturated heterocycles. The first-order chi connectivity index (χ1) is 34.7. The lowest BCUT2D eigenvalue weighted by molar-refractivity contribution is 1.18. The van der Waals surface area contributed by atoms with Crippen molar-refractivity contribution < 1.29 is 0 Å². The molecule has 2 nitrogen and oxygen atoms in total. The summed E-state index contributed by atoms with van der Waals surface area (Å²) in [6, 6.07) is 102. The summed E-state index contributed by atoms with van der Waals surface area (Å²) in [5, 5.41) is 7.52. The van der Waals surface area contributed by atoms with Gasteiger partial charge in [-0.3, -0.25) is 0 Å². The minimum absolute atomic E-state index is 1.09. The lowest BCUT2D eigenvalue weighted by atomic mass is 9.98. The maximum Gasteiger partial charge on any atom is 0.0541 e. The molecule has 0 saturated carbocycles. The highest BCUT2D eigenvalue weighted by atomic mass is 15.1. The van der Waals surface area contributed by atoms with E-state index in [1.54, 1.807) is 0 Å². The first kappa shape index (κ1) is 41.0. The van der Waals surface area contributed by atoms with Crippen LogP contribution in [0.2, 0.25) is 0 Å². The van der Waals surface area contributed by atoms with Crippen LogP contribution in [0.3, 0.4) is 0 Å². The lowest BCUT2D eigenvalue weighted by Gasteiger charge is -2.26. The SMILES string of the molecule is c1ccc(-n2c3ccccc3c3cc(-c4ccc(-c5ccc(N(c6ccc(-c7ccc(-c8ccc9ccccc9c8)cc7)cc6)c6ccc(-c7ccc8ccccc8c7)cc6)cc5)cc4)ccc32)cc1. The third-order valence-corrected chi connectivity index (χ3v) is 14.0. The van der Waals surface area contributed by atoms with E-state index in [4.69, 9.17) is 0 Å². The molecule has 0 radical (unpaired) electrons. The van der Waals surface area contributed by atoms with E-state index in [1.165, 1.54) is 105 Å². The molecule has 0 fully saturated rings. The molecule has 0 N–H and O–H groups in total. The highest BCUT2D eigenvalue weighted by molar-refractivity contribution is 6.10. The van der Waals surface area contributed by atoms with Crippen LogP contribution in [0.15, 0.2) is 279 Å². The molecule has 2 heteroatoms. The van der Waals surface area contributed by atoms with Gasteiger partial charge in [-0.25, -0.2) is 0 Å². The van der Waals surface area contributed by atoms with Gasteiger partial charge in [0.2, 0.25) is 0 Å². The summed E-state index contributed by atoms with van der Waals surface area (Å²) >= 11 is 0. The fraction of sp³-hybridized carbons (Fsp3) is 0. The van der Waals surface area contributed by atoms with Gasteiger partial charge in [0.15, 0.2) is 0 Å². The quantitative estimate of drug-likeness (QED) is 0.140. The van der Waals surface area contributed by atoms with Crippen molar-refractivity contribution in [3.05, 3.63) is 279 Å². The monoisotopic (exact) mass is 890 g/mol. The number of aromatic nitrogens is 1. The number of hydrogen-bond donors (Lipinski definition) is 0. The summed E-state index contributed by atoms with van der Waals surface area (Å²) in [4.78, 5) is 2.36. The van der Waals surface area contributed by atoms with Crippen LogP contribution in [-0.4, -0.2) is 4.57 Å². The number of benzene rings is 12. The van der Waals surface area contributed by atoms with E-state index in [2.05, 4.69) is 289 Å².